The predicted molar refractivity (Wildman–Crippen MR) is 83.4 cm³/mol. The highest BCUT2D eigenvalue weighted by Crippen LogP contribution is 2.45. The normalized spacial score (nSPS) is 25.9. The molecule has 0 radical (unpaired) electrons. The van der Waals surface area contributed by atoms with Gasteiger partial charge in [0.1, 0.15) is 11.6 Å². The summed E-state index contributed by atoms with van der Waals surface area (Å²) in [5.41, 5.74) is -1.73. The van der Waals surface area contributed by atoms with Gasteiger partial charge in [-0.25, -0.2) is 8.78 Å². The SMILES string of the molecule is CC1(C(=O)O)CCN(C(=O)C2(c3ccc(F)cc3F)CCCC2)C1. The Labute approximate surface area is 139 Å². The fraction of sp³-hybridized carbons (Fsp3) is 0.556. The van der Waals surface area contributed by atoms with Crippen LogP contribution in [0.4, 0.5) is 8.78 Å². The number of nitrogens with zero attached hydrogens (tertiary/aromatic N) is 1. The van der Waals surface area contributed by atoms with E-state index in [4.69, 9.17) is 0 Å². The van der Waals surface area contributed by atoms with Crippen LogP contribution in [0.25, 0.3) is 0 Å². The monoisotopic (exact) mass is 337 g/mol. The van der Waals surface area contributed by atoms with Gasteiger partial charge in [0, 0.05) is 24.7 Å². The van der Waals surface area contributed by atoms with E-state index in [0.717, 1.165) is 18.9 Å². The van der Waals surface area contributed by atoms with Gasteiger partial charge in [-0.3, -0.25) is 9.59 Å². The number of halogens is 2. The third-order valence-electron chi connectivity index (χ3n) is 5.59. The molecule has 0 spiro atoms. The zero-order chi connectivity index (χ0) is 17.5. The Bertz CT molecular complexity index is 685. The van der Waals surface area contributed by atoms with Crippen molar-refractivity contribution >= 4 is 11.9 Å². The number of rotatable bonds is 3. The number of benzene rings is 1. The molecule has 1 amide bonds. The Hall–Kier alpha value is -1.98. The van der Waals surface area contributed by atoms with Crippen LogP contribution in [0.5, 0.6) is 0 Å². The molecule has 0 aromatic heterocycles. The maximum Gasteiger partial charge on any atom is 0.311 e. The fourth-order valence-electron chi connectivity index (χ4n) is 4.07. The van der Waals surface area contributed by atoms with Crippen LogP contribution in [0.15, 0.2) is 18.2 Å². The molecule has 2 fully saturated rings. The minimum absolute atomic E-state index is 0.131. The molecule has 1 atom stereocenters. The second-order valence-corrected chi connectivity index (χ2v) is 7.26. The average molecular weight is 337 g/mol. The summed E-state index contributed by atoms with van der Waals surface area (Å²) in [5, 5.41) is 9.35. The number of amides is 1. The minimum atomic E-state index is -0.998. The first kappa shape index (κ1) is 16.9. The largest absolute Gasteiger partial charge is 0.481 e. The van der Waals surface area contributed by atoms with E-state index < -0.39 is 28.4 Å². The fourth-order valence-corrected chi connectivity index (χ4v) is 4.07. The molecule has 1 heterocycles. The maximum atomic E-state index is 14.4. The van der Waals surface area contributed by atoms with Crippen molar-refractivity contribution in [3.63, 3.8) is 0 Å². The Balaban J connectivity index is 1.94. The summed E-state index contributed by atoms with van der Waals surface area (Å²) in [5.74, 6) is -2.52. The average Bonchev–Trinajstić information content (AvgIpc) is 3.15. The Morgan fingerprint density at radius 2 is 1.83 bits per heavy atom. The molecule has 1 unspecified atom stereocenters. The molecule has 1 aliphatic heterocycles. The molecule has 6 heteroatoms. The van der Waals surface area contributed by atoms with Crippen LogP contribution in [0.3, 0.4) is 0 Å². The quantitative estimate of drug-likeness (QED) is 0.922. The van der Waals surface area contributed by atoms with Crippen LogP contribution in [0.2, 0.25) is 0 Å². The van der Waals surface area contributed by atoms with Crippen molar-refractivity contribution < 1.29 is 23.5 Å². The first-order chi connectivity index (χ1) is 11.3. The minimum Gasteiger partial charge on any atom is -0.481 e. The van der Waals surface area contributed by atoms with Gasteiger partial charge in [-0.15, -0.1) is 0 Å². The first-order valence-corrected chi connectivity index (χ1v) is 8.27. The summed E-state index contributed by atoms with van der Waals surface area (Å²) in [7, 11) is 0. The summed E-state index contributed by atoms with van der Waals surface area (Å²) >= 11 is 0. The van der Waals surface area contributed by atoms with Crippen molar-refractivity contribution in [2.24, 2.45) is 5.41 Å². The van der Waals surface area contributed by atoms with Gasteiger partial charge in [-0.1, -0.05) is 18.9 Å². The smallest absolute Gasteiger partial charge is 0.311 e. The van der Waals surface area contributed by atoms with Gasteiger partial charge in [-0.05, 0) is 32.3 Å². The zero-order valence-electron chi connectivity index (χ0n) is 13.6. The van der Waals surface area contributed by atoms with E-state index >= 15 is 0 Å². The van der Waals surface area contributed by atoms with E-state index in [1.54, 1.807) is 11.8 Å². The van der Waals surface area contributed by atoms with Gasteiger partial charge in [0.25, 0.3) is 0 Å². The highest BCUT2D eigenvalue weighted by atomic mass is 19.1. The number of hydrogen-bond acceptors (Lipinski definition) is 2. The van der Waals surface area contributed by atoms with Crippen LogP contribution in [-0.2, 0) is 15.0 Å². The van der Waals surface area contributed by atoms with E-state index in [-0.39, 0.29) is 18.0 Å². The summed E-state index contributed by atoms with van der Waals surface area (Å²) in [6.45, 7) is 2.11. The molecule has 1 saturated heterocycles. The molecule has 1 aromatic carbocycles. The lowest BCUT2D eigenvalue weighted by Gasteiger charge is -2.33. The van der Waals surface area contributed by atoms with Gasteiger partial charge < -0.3 is 10.0 Å². The number of aliphatic carboxylic acids is 1. The molecular formula is C18H21F2NO3. The van der Waals surface area contributed by atoms with E-state index in [9.17, 15) is 23.5 Å². The second-order valence-electron chi connectivity index (χ2n) is 7.26. The molecule has 1 N–H and O–H groups in total. The lowest BCUT2D eigenvalue weighted by Crippen LogP contribution is -2.46. The molecule has 2 aliphatic rings. The Morgan fingerprint density at radius 1 is 1.17 bits per heavy atom. The lowest BCUT2D eigenvalue weighted by atomic mass is 9.77. The number of carbonyl (C=O) groups is 2. The molecule has 0 bridgehead atoms. The molecule has 4 nitrogen and oxygen atoms in total. The number of carboxylic acids is 1. The molecule has 1 saturated carbocycles. The van der Waals surface area contributed by atoms with Gasteiger partial charge >= 0.3 is 5.97 Å². The van der Waals surface area contributed by atoms with Crippen molar-refractivity contribution in [2.75, 3.05) is 13.1 Å². The van der Waals surface area contributed by atoms with Crippen LogP contribution in [-0.4, -0.2) is 35.0 Å². The first-order valence-electron chi connectivity index (χ1n) is 8.27. The third-order valence-corrected chi connectivity index (χ3v) is 5.59. The van der Waals surface area contributed by atoms with Crippen molar-refractivity contribution in [1.29, 1.82) is 0 Å². The van der Waals surface area contributed by atoms with Gasteiger partial charge in [-0.2, -0.15) is 0 Å². The van der Waals surface area contributed by atoms with Crippen molar-refractivity contribution in [2.45, 2.75) is 44.4 Å². The molecule has 1 aromatic rings. The summed E-state index contributed by atoms with van der Waals surface area (Å²) < 4.78 is 27.6. The number of likely N-dealkylation sites (tertiary alicyclic amines) is 1. The topological polar surface area (TPSA) is 57.6 Å². The van der Waals surface area contributed by atoms with Crippen molar-refractivity contribution in [1.82, 2.24) is 4.90 Å². The van der Waals surface area contributed by atoms with E-state index in [2.05, 4.69) is 0 Å². The molecular weight excluding hydrogens is 316 g/mol. The number of carbonyl (C=O) groups excluding carboxylic acids is 1. The summed E-state index contributed by atoms with van der Waals surface area (Å²) in [6.07, 6.45) is 3.00. The van der Waals surface area contributed by atoms with Crippen LogP contribution < -0.4 is 0 Å². The summed E-state index contributed by atoms with van der Waals surface area (Å²) in [4.78, 5) is 26.1. The van der Waals surface area contributed by atoms with E-state index in [1.807, 2.05) is 0 Å². The third kappa shape index (κ3) is 2.58. The standard InChI is InChI=1S/C18H21F2NO3/c1-17(16(23)24)8-9-21(11-17)15(22)18(6-2-3-7-18)13-5-4-12(19)10-14(13)20/h4-5,10H,2-3,6-9,11H2,1H3,(H,23,24). The van der Waals surface area contributed by atoms with Gasteiger partial charge in [0.15, 0.2) is 0 Å². The molecule has 24 heavy (non-hydrogen) atoms. The lowest BCUT2D eigenvalue weighted by molar-refractivity contribution is -0.147. The number of carboxylic acid groups (broad SMARTS) is 1. The van der Waals surface area contributed by atoms with Crippen LogP contribution in [0, 0.1) is 17.0 Å². The van der Waals surface area contributed by atoms with Crippen LogP contribution in [0.1, 0.15) is 44.6 Å². The highest BCUT2D eigenvalue weighted by Gasteiger charge is 2.50. The zero-order valence-corrected chi connectivity index (χ0v) is 13.6. The maximum absolute atomic E-state index is 14.4. The summed E-state index contributed by atoms with van der Waals surface area (Å²) in [6, 6.07) is 3.35. The Kier molecular flexibility index (Phi) is 4.10. The van der Waals surface area contributed by atoms with Gasteiger partial charge in [0.05, 0.1) is 10.8 Å². The predicted octanol–water partition coefficient (Wildman–Crippen LogP) is 3.10. The number of hydrogen-bond donors (Lipinski definition) is 1. The Morgan fingerprint density at radius 3 is 2.38 bits per heavy atom. The van der Waals surface area contributed by atoms with Gasteiger partial charge in [0.2, 0.25) is 5.91 Å². The van der Waals surface area contributed by atoms with Crippen LogP contribution >= 0.6 is 0 Å². The molecule has 130 valence electrons. The molecule has 3 rings (SSSR count). The highest BCUT2D eigenvalue weighted by molar-refractivity contribution is 5.90. The van der Waals surface area contributed by atoms with Crippen molar-refractivity contribution in [3.05, 3.63) is 35.4 Å². The molecule has 1 aliphatic carbocycles. The van der Waals surface area contributed by atoms with E-state index in [0.29, 0.717) is 25.8 Å². The van der Waals surface area contributed by atoms with E-state index in [1.165, 1.54) is 12.1 Å². The second kappa shape index (κ2) is 5.83. The van der Waals surface area contributed by atoms with Crippen molar-refractivity contribution in [3.8, 4) is 0 Å².